The van der Waals surface area contributed by atoms with Crippen LogP contribution in [0.25, 0.3) is 0 Å². The van der Waals surface area contributed by atoms with Crippen LogP contribution >= 0.6 is 0 Å². The SMILES string of the molecule is CCC(N)C(=O)OC(=O)[C@H](C)N(C(=O)[C@H](CC1C=NC=N1)NC(=O)[C@@H](N)CC(C(=O)O)S(C)(=O)=O)C(=O)[C@@H](CCCCN)NC(=O)[C@@H](N)Cc1ccccc1. The van der Waals surface area contributed by atoms with Crippen molar-refractivity contribution in [3.8, 4) is 0 Å². The molecule has 1 aromatic carbocycles. The van der Waals surface area contributed by atoms with Crippen LogP contribution < -0.4 is 33.6 Å². The van der Waals surface area contributed by atoms with E-state index in [-0.39, 0.29) is 38.6 Å². The monoisotopic (exact) mass is 793 g/mol. The number of hydrogen-bond donors (Lipinski definition) is 7. The quantitative estimate of drug-likeness (QED) is 0.0357. The van der Waals surface area contributed by atoms with Gasteiger partial charge in [-0.15, -0.1) is 0 Å². The number of hydrogen-bond acceptors (Lipinski definition) is 16. The average molecular weight is 794 g/mol. The van der Waals surface area contributed by atoms with Gasteiger partial charge in [0.25, 0.3) is 11.8 Å². The van der Waals surface area contributed by atoms with Gasteiger partial charge in [0, 0.05) is 18.9 Å². The van der Waals surface area contributed by atoms with Gasteiger partial charge in [-0.05, 0) is 57.6 Å². The third-order valence-corrected chi connectivity index (χ3v) is 10.0. The summed E-state index contributed by atoms with van der Waals surface area (Å²) in [6, 6.07) is -1.35. The topological polar surface area (TPSA) is 339 Å². The Morgan fingerprint density at radius 3 is 2.05 bits per heavy atom. The molecule has 1 aliphatic rings. The molecule has 0 radical (unpaired) electrons. The number of unbranched alkanes of at least 4 members (excludes halogenated alkanes) is 1. The average Bonchev–Trinajstić information content (AvgIpc) is 3.65. The Kier molecular flexibility index (Phi) is 18.3. The summed E-state index contributed by atoms with van der Waals surface area (Å²) in [5.41, 5.74) is 24.2. The molecule has 3 unspecified atom stereocenters. The molecule has 0 aliphatic carbocycles. The molecule has 0 saturated carbocycles. The van der Waals surface area contributed by atoms with E-state index in [1.807, 2.05) is 0 Å². The standard InChI is InChI=1S/C34H51N9O11S/c1-4-22(36)34(51)54-33(50)19(2)43(30(46)25(12-8-9-13-35)41-28(44)23(37)14-20-10-6-5-7-11-20)31(47)26(15-21-17-39-18-40-21)42-29(45)24(38)16-27(32(48)49)55(3,52)53/h5-7,10-11,17-19,21-27H,4,8-9,12-16,35-38H2,1-3H3,(H,41,44)(H,42,45)(H,48,49)/t19-,21?,22?,23-,24-,25+,26-,27?/m0/s1. The van der Waals surface area contributed by atoms with E-state index in [0.717, 1.165) is 18.8 Å². The number of benzene rings is 1. The zero-order valence-corrected chi connectivity index (χ0v) is 31.7. The predicted molar refractivity (Wildman–Crippen MR) is 200 cm³/mol. The zero-order valence-electron chi connectivity index (χ0n) is 30.9. The number of amides is 4. The summed E-state index contributed by atoms with van der Waals surface area (Å²) in [6.07, 6.45) is 2.60. The number of esters is 2. The Bertz CT molecular complexity index is 1700. The van der Waals surface area contributed by atoms with Gasteiger partial charge in [-0.2, -0.15) is 0 Å². The van der Waals surface area contributed by atoms with Crippen LogP contribution in [0.4, 0.5) is 0 Å². The van der Waals surface area contributed by atoms with Gasteiger partial charge in [0.2, 0.25) is 11.8 Å². The fourth-order valence-corrected chi connectivity index (χ4v) is 6.23. The molecule has 1 heterocycles. The summed E-state index contributed by atoms with van der Waals surface area (Å²) in [5.74, 6) is -8.63. The third-order valence-electron chi connectivity index (χ3n) is 8.62. The number of carbonyl (C=O) groups excluding carboxylic acids is 6. The number of imide groups is 1. The van der Waals surface area contributed by atoms with Gasteiger partial charge in [0.1, 0.15) is 30.5 Å². The lowest BCUT2D eigenvalue weighted by Crippen LogP contribution is -2.62. The van der Waals surface area contributed by atoms with Gasteiger partial charge in [-0.25, -0.2) is 23.0 Å². The fourth-order valence-electron chi connectivity index (χ4n) is 5.31. The first-order valence-electron chi connectivity index (χ1n) is 17.5. The highest BCUT2D eigenvalue weighted by atomic mass is 32.2. The van der Waals surface area contributed by atoms with Crippen molar-refractivity contribution in [2.24, 2.45) is 32.9 Å². The number of aliphatic carboxylic acids is 1. The highest BCUT2D eigenvalue weighted by Gasteiger charge is 2.43. The summed E-state index contributed by atoms with van der Waals surface area (Å²) in [7, 11) is -4.23. The number of rotatable bonds is 22. The Labute approximate surface area is 318 Å². The van der Waals surface area contributed by atoms with E-state index in [1.54, 1.807) is 37.3 Å². The molecule has 8 atom stereocenters. The van der Waals surface area contributed by atoms with Crippen molar-refractivity contribution in [1.82, 2.24) is 15.5 Å². The Morgan fingerprint density at radius 1 is 0.909 bits per heavy atom. The molecule has 0 spiro atoms. The number of nitrogens with one attached hydrogen (secondary N) is 2. The molecule has 1 aliphatic heterocycles. The number of nitrogens with two attached hydrogens (primary N) is 4. The maximum absolute atomic E-state index is 14.5. The molecule has 4 amide bonds. The minimum atomic E-state index is -4.23. The van der Waals surface area contributed by atoms with Crippen molar-refractivity contribution in [1.29, 1.82) is 0 Å². The molecule has 21 heteroatoms. The second-order valence-corrected chi connectivity index (χ2v) is 15.3. The second-order valence-electron chi connectivity index (χ2n) is 13.0. The summed E-state index contributed by atoms with van der Waals surface area (Å²) in [6.45, 7) is 2.84. The second kappa shape index (κ2) is 21.8. The van der Waals surface area contributed by atoms with E-state index in [4.69, 9.17) is 27.7 Å². The van der Waals surface area contributed by atoms with Gasteiger partial charge < -0.3 is 43.4 Å². The molecule has 0 bridgehead atoms. The summed E-state index contributed by atoms with van der Waals surface area (Å²) >= 11 is 0. The molecule has 0 fully saturated rings. The maximum atomic E-state index is 14.5. The molecule has 0 aromatic heterocycles. The first kappa shape index (κ1) is 46.2. The van der Waals surface area contributed by atoms with E-state index in [0.29, 0.717) is 17.6 Å². The lowest BCUT2D eigenvalue weighted by Gasteiger charge is -2.33. The fraction of sp³-hybridized carbons (Fsp3) is 0.559. The summed E-state index contributed by atoms with van der Waals surface area (Å²) < 4.78 is 29.1. The maximum Gasteiger partial charge on any atom is 0.336 e. The van der Waals surface area contributed by atoms with Gasteiger partial charge in [-0.3, -0.25) is 33.9 Å². The van der Waals surface area contributed by atoms with Crippen molar-refractivity contribution >= 4 is 63.9 Å². The van der Waals surface area contributed by atoms with E-state index >= 15 is 0 Å². The number of carbonyl (C=O) groups is 7. The van der Waals surface area contributed by atoms with Crippen LogP contribution in [0.1, 0.15) is 57.9 Å². The molecule has 2 rings (SSSR count). The first-order valence-corrected chi connectivity index (χ1v) is 19.5. The number of carboxylic acid groups (broad SMARTS) is 1. The molecule has 1 aromatic rings. The van der Waals surface area contributed by atoms with Gasteiger partial charge >= 0.3 is 17.9 Å². The predicted octanol–water partition coefficient (Wildman–Crippen LogP) is -2.71. The van der Waals surface area contributed by atoms with Crippen LogP contribution in [0.3, 0.4) is 0 Å². The first-order chi connectivity index (χ1) is 25.8. The van der Waals surface area contributed by atoms with Crippen molar-refractivity contribution in [2.45, 2.75) is 106 Å². The number of aliphatic imine (C=N–C) groups is 2. The minimum absolute atomic E-state index is 0.0838. The van der Waals surface area contributed by atoms with Crippen LogP contribution in [0.2, 0.25) is 0 Å². The Morgan fingerprint density at radius 2 is 1.51 bits per heavy atom. The number of sulfone groups is 1. The zero-order chi connectivity index (χ0) is 41.5. The molecule has 55 heavy (non-hydrogen) atoms. The molecule has 11 N–H and O–H groups in total. The lowest BCUT2D eigenvalue weighted by molar-refractivity contribution is -0.170. The van der Waals surface area contributed by atoms with Crippen molar-refractivity contribution in [3.63, 3.8) is 0 Å². The summed E-state index contributed by atoms with van der Waals surface area (Å²) in [4.78, 5) is 102. The molecule has 20 nitrogen and oxygen atoms in total. The van der Waals surface area contributed by atoms with E-state index in [2.05, 4.69) is 20.6 Å². The minimum Gasteiger partial charge on any atom is -0.480 e. The van der Waals surface area contributed by atoms with Gasteiger partial charge in [-0.1, -0.05) is 37.3 Å². The van der Waals surface area contributed by atoms with Crippen molar-refractivity contribution < 1.29 is 51.8 Å². The highest BCUT2D eigenvalue weighted by Crippen LogP contribution is 2.17. The number of ether oxygens (including phenoxy) is 1. The van der Waals surface area contributed by atoms with Crippen molar-refractivity contribution in [2.75, 3.05) is 12.8 Å². The van der Waals surface area contributed by atoms with Crippen LogP contribution in [-0.4, -0.2) is 133 Å². The third kappa shape index (κ3) is 14.3. The van der Waals surface area contributed by atoms with Crippen molar-refractivity contribution in [3.05, 3.63) is 35.9 Å². The molecular formula is C34H51N9O11S. The normalized spacial score (nSPS) is 17.5. The highest BCUT2D eigenvalue weighted by molar-refractivity contribution is 7.92. The summed E-state index contributed by atoms with van der Waals surface area (Å²) in [5, 5.41) is 12.3. The van der Waals surface area contributed by atoms with Crippen LogP contribution in [0.5, 0.6) is 0 Å². The van der Waals surface area contributed by atoms with Gasteiger partial charge in [0.05, 0.1) is 18.1 Å². The number of nitrogens with zero attached hydrogens (tertiary/aromatic N) is 3. The van der Waals surface area contributed by atoms with Crippen LogP contribution in [0, 0.1) is 0 Å². The van der Waals surface area contributed by atoms with E-state index < -0.39 is 105 Å². The van der Waals surface area contributed by atoms with E-state index in [9.17, 15) is 47.1 Å². The smallest absolute Gasteiger partial charge is 0.336 e. The van der Waals surface area contributed by atoms with Gasteiger partial charge in [0.15, 0.2) is 15.1 Å². The lowest BCUT2D eigenvalue weighted by atomic mass is 10.0. The largest absolute Gasteiger partial charge is 0.480 e. The number of carboxylic acids is 1. The Hall–Kier alpha value is -4.96. The van der Waals surface area contributed by atoms with E-state index in [1.165, 1.54) is 6.21 Å². The molecule has 304 valence electrons. The Balaban J connectivity index is 2.59. The van der Waals surface area contributed by atoms with Crippen LogP contribution in [0.15, 0.2) is 40.3 Å². The molecule has 0 saturated heterocycles. The van der Waals surface area contributed by atoms with Crippen LogP contribution in [-0.2, 0) is 54.6 Å². The molecular weight excluding hydrogens is 742 g/mol.